The lowest BCUT2D eigenvalue weighted by molar-refractivity contribution is 0.0939. The standard InChI is InChI=1S/C15H13F2NO/c1-10(11-5-7-13(16)8-6-11)18-15(19)12-3-2-4-14(17)9-12/h2-10H,1H3,(H,18,19)/t10-/m1/s1. The number of carbonyl (C=O) groups is 1. The van der Waals surface area contributed by atoms with Gasteiger partial charge in [-0.2, -0.15) is 0 Å². The lowest BCUT2D eigenvalue weighted by Gasteiger charge is -2.14. The van der Waals surface area contributed by atoms with Crippen LogP contribution < -0.4 is 5.32 Å². The number of amides is 1. The number of benzene rings is 2. The van der Waals surface area contributed by atoms with Gasteiger partial charge in [0.05, 0.1) is 6.04 Å². The second kappa shape index (κ2) is 5.61. The van der Waals surface area contributed by atoms with E-state index in [1.807, 2.05) is 0 Å². The minimum atomic E-state index is -0.456. The SMILES string of the molecule is C[C@@H](NC(=O)c1cccc(F)c1)c1ccc(F)cc1. The predicted molar refractivity (Wildman–Crippen MR) is 68.7 cm³/mol. The largest absolute Gasteiger partial charge is 0.346 e. The molecule has 0 saturated carbocycles. The molecular weight excluding hydrogens is 248 g/mol. The molecule has 1 N–H and O–H groups in total. The van der Waals surface area contributed by atoms with Crippen LogP contribution in [0.4, 0.5) is 8.78 Å². The van der Waals surface area contributed by atoms with Crippen molar-refractivity contribution in [2.45, 2.75) is 13.0 Å². The fourth-order valence-corrected chi connectivity index (χ4v) is 1.74. The van der Waals surface area contributed by atoms with Gasteiger partial charge in [0.25, 0.3) is 5.91 Å². The molecule has 0 unspecified atom stereocenters. The summed E-state index contributed by atoms with van der Waals surface area (Å²) in [6, 6.07) is 11.1. The fraction of sp³-hybridized carbons (Fsp3) is 0.133. The van der Waals surface area contributed by atoms with Crippen molar-refractivity contribution in [2.24, 2.45) is 0 Å². The highest BCUT2D eigenvalue weighted by atomic mass is 19.1. The molecule has 1 atom stereocenters. The van der Waals surface area contributed by atoms with Gasteiger partial charge in [-0.25, -0.2) is 8.78 Å². The van der Waals surface area contributed by atoms with E-state index in [0.717, 1.165) is 5.56 Å². The molecular formula is C15H13F2NO. The first-order chi connectivity index (χ1) is 9.06. The maximum Gasteiger partial charge on any atom is 0.251 e. The molecule has 98 valence electrons. The number of carbonyl (C=O) groups excluding carboxylic acids is 1. The summed E-state index contributed by atoms with van der Waals surface area (Å²) >= 11 is 0. The molecule has 0 radical (unpaired) electrons. The Kier molecular flexibility index (Phi) is 3.90. The first-order valence-corrected chi connectivity index (χ1v) is 5.88. The van der Waals surface area contributed by atoms with Gasteiger partial charge in [-0.1, -0.05) is 18.2 Å². The smallest absolute Gasteiger partial charge is 0.251 e. The molecule has 0 spiro atoms. The highest BCUT2D eigenvalue weighted by molar-refractivity contribution is 5.94. The van der Waals surface area contributed by atoms with Gasteiger partial charge in [0.2, 0.25) is 0 Å². The van der Waals surface area contributed by atoms with Crippen LogP contribution in [0.25, 0.3) is 0 Å². The van der Waals surface area contributed by atoms with Crippen LogP contribution in [0.5, 0.6) is 0 Å². The van der Waals surface area contributed by atoms with Gasteiger partial charge in [-0.05, 0) is 42.8 Å². The van der Waals surface area contributed by atoms with E-state index in [4.69, 9.17) is 0 Å². The molecule has 0 aromatic heterocycles. The molecule has 0 aliphatic rings. The third-order valence-corrected chi connectivity index (χ3v) is 2.80. The summed E-state index contributed by atoms with van der Waals surface area (Å²) in [5, 5.41) is 2.73. The Morgan fingerprint density at radius 3 is 2.37 bits per heavy atom. The van der Waals surface area contributed by atoms with E-state index in [1.165, 1.54) is 36.4 Å². The second-order valence-corrected chi connectivity index (χ2v) is 4.26. The molecule has 0 saturated heterocycles. The monoisotopic (exact) mass is 261 g/mol. The van der Waals surface area contributed by atoms with Crippen LogP contribution in [0.2, 0.25) is 0 Å². The Balaban J connectivity index is 2.08. The van der Waals surface area contributed by atoms with E-state index >= 15 is 0 Å². The number of hydrogen-bond donors (Lipinski definition) is 1. The Morgan fingerprint density at radius 1 is 1.05 bits per heavy atom. The van der Waals surface area contributed by atoms with E-state index in [1.54, 1.807) is 19.1 Å². The average Bonchev–Trinajstić information content (AvgIpc) is 2.39. The molecule has 2 aromatic rings. The van der Waals surface area contributed by atoms with E-state index < -0.39 is 5.82 Å². The fourth-order valence-electron chi connectivity index (χ4n) is 1.74. The zero-order valence-electron chi connectivity index (χ0n) is 10.4. The Hall–Kier alpha value is -2.23. The predicted octanol–water partition coefficient (Wildman–Crippen LogP) is 3.46. The van der Waals surface area contributed by atoms with Crippen molar-refractivity contribution in [1.82, 2.24) is 5.32 Å². The van der Waals surface area contributed by atoms with Crippen molar-refractivity contribution < 1.29 is 13.6 Å². The summed E-state index contributed by atoms with van der Waals surface area (Å²) in [5.41, 5.74) is 1.04. The van der Waals surface area contributed by atoms with Gasteiger partial charge in [0.1, 0.15) is 11.6 Å². The zero-order valence-corrected chi connectivity index (χ0v) is 10.4. The third kappa shape index (κ3) is 3.37. The maximum atomic E-state index is 13.0. The van der Waals surface area contributed by atoms with Crippen molar-refractivity contribution in [3.05, 3.63) is 71.3 Å². The highest BCUT2D eigenvalue weighted by Crippen LogP contribution is 2.14. The van der Waals surface area contributed by atoms with Crippen molar-refractivity contribution in [1.29, 1.82) is 0 Å². The molecule has 2 nitrogen and oxygen atoms in total. The highest BCUT2D eigenvalue weighted by Gasteiger charge is 2.11. The quantitative estimate of drug-likeness (QED) is 0.900. The first kappa shape index (κ1) is 13.2. The van der Waals surface area contributed by atoms with Crippen molar-refractivity contribution in [3.8, 4) is 0 Å². The molecule has 1 amide bonds. The van der Waals surface area contributed by atoms with Crippen LogP contribution >= 0.6 is 0 Å². The van der Waals surface area contributed by atoms with E-state index in [9.17, 15) is 13.6 Å². The summed E-state index contributed by atoms with van der Waals surface area (Å²) in [6.07, 6.45) is 0. The van der Waals surface area contributed by atoms with E-state index in [0.29, 0.717) is 0 Å². The summed E-state index contributed by atoms with van der Waals surface area (Å²) < 4.78 is 25.8. The van der Waals surface area contributed by atoms with Crippen LogP contribution in [-0.2, 0) is 0 Å². The molecule has 19 heavy (non-hydrogen) atoms. The van der Waals surface area contributed by atoms with Crippen LogP contribution in [0.1, 0.15) is 28.9 Å². The molecule has 0 heterocycles. The molecule has 2 rings (SSSR count). The molecule has 0 fully saturated rings. The Morgan fingerprint density at radius 2 is 1.74 bits per heavy atom. The number of hydrogen-bond acceptors (Lipinski definition) is 1. The Labute approximate surface area is 110 Å². The lowest BCUT2D eigenvalue weighted by Crippen LogP contribution is -2.26. The molecule has 0 aliphatic carbocycles. The summed E-state index contributed by atoms with van der Waals surface area (Å²) in [7, 11) is 0. The van der Waals surface area contributed by atoms with Gasteiger partial charge < -0.3 is 5.32 Å². The molecule has 4 heteroatoms. The number of nitrogens with one attached hydrogen (secondary N) is 1. The van der Waals surface area contributed by atoms with Gasteiger partial charge in [0, 0.05) is 5.56 Å². The van der Waals surface area contributed by atoms with E-state index in [2.05, 4.69) is 5.32 Å². The molecule has 2 aromatic carbocycles. The normalized spacial score (nSPS) is 11.9. The minimum Gasteiger partial charge on any atom is -0.346 e. The van der Waals surface area contributed by atoms with Crippen molar-refractivity contribution in [2.75, 3.05) is 0 Å². The van der Waals surface area contributed by atoms with E-state index in [-0.39, 0.29) is 23.3 Å². The maximum absolute atomic E-state index is 13.0. The summed E-state index contributed by atoms with van der Waals surface area (Å²) in [6.45, 7) is 1.78. The third-order valence-electron chi connectivity index (χ3n) is 2.80. The lowest BCUT2D eigenvalue weighted by atomic mass is 10.1. The van der Waals surface area contributed by atoms with Crippen LogP contribution in [0.3, 0.4) is 0 Å². The number of halogens is 2. The first-order valence-electron chi connectivity index (χ1n) is 5.88. The van der Waals surface area contributed by atoms with Crippen LogP contribution in [0, 0.1) is 11.6 Å². The molecule has 0 bridgehead atoms. The molecule has 0 aliphatic heterocycles. The van der Waals surface area contributed by atoms with Crippen molar-refractivity contribution >= 4 is 5.91 Å². The number of rotatable bonds is 3. The topological polar surface area (TPSA) is 29.1 Å². The van der Waals surface area contributed by atoms with Gasteiger partial charge in [-0.3, -0.25) is 4.79 Å². The van der Waals surface area contributed by atoms with Gasteiger partial charge >= 0.3 is 0 Å². The van der Waals surface area contributed by atoms with Crippen LogP contribution in [-0.4, -0.2) is 5.91 Å². The summed E-state index contributed by atoms with van der Waals surface area (Å²) in [4.78, 5) is 11.9. The summed E-state index contributed by atoms with van der Waals surface area (Å²) in [5.74, 6) is -1.15. The Bertz CT molecular complexity index is 581. The zero-order chi connectivity index (χ0) is 13.8. The minimum absolute atomic E-state index is 0.258. The van der Waals surface area contributed by atoms with Crippen molar-refractivity contribution in [3.63, 3.8) is 0 Å². The average molecular weight is 261 g/mol. The van der Waals surface area contributed by atoms with Gasteiger partial charge in [0.15, 0.2) is 0 Å². The second-order valence-electron chi connectivity index (χ2n) is 4.26. The van der Waals surface area contributed by atoms with Gasteiger partial charge in [-0.15, -0.1) is 0 Å². The van der Waals surface area contributed by atoms with Crippen LogP contribution in [0.15, 0.2) is 48.5 Å².